The number of fused-ring (bicyclic) bond motifs is 1. The number of carbonyl (C=O) groups excluding carboxylic acids is 1. The number of nitrogens with zero attached hydrogens (tertiary/aromatic N) is 5. The zero-order valence-electron chi connectivity index (χ0n) is 21.6. The van der Waals surface area contributed by atoms with Crippen molar-refractivity contribution in [3.8, 4) is 5.75 Å². The number of nitrogens with two attached hydrogens (primary N) is 3. The van der Waals surface area contributed by atoms with Crippen LogP contribution in [0.3, 0.4) is 0 Å². The van der Waals surface area contributed by atoms with Crippen molar-refractivity contribution in [2.75, 3.05) is 12.1 Å². The lowest BCUT2D eigenvalue weighted by Gasteiger charge is -2.19. The van der Waals surface area contributed by atoms with Gasteiger partial charge in [0.1, 0.15) is 12.0 Å². The van der Waals surface area contributed by atoms with Crippen LogP contribution in [0.15, 0.2) is 58.0 Å². The van der Waals surface area contributed by atoms with Crippen LogP contribution in [-0.2, 0) is 17.9 Å². The first-order chi connectivity index (χ1) is 18.2. The largest absolute Gasteiger partial charge is 0.494 e. The van der Waals surface area contributed by atoms with Gasteiger partial charge in [-0.1, -0.05) is 6.07 Å². The lowest BCUT2D eigenvalue weighted by molar-refractivity contribution is -0.117. The second-order valence-corrected chi connectivity index (χ2v) is 9.13. The van der Waals surface area contributed by atoms with E-state index < -0.39 is 11.7 Å². The average Bonchev–Trinajstić information content (AvgIpc) is 3.65. The van der Waals surface area contributed by atoms with Gasteiger partial charge in [0.05, 0.1) is 30.6 Å². The molecule has 0 bridgehead atoms. The van der Waals surface area contributed by atoms with E-state index in [4.69, 9.17) is 22.2 Å². The molecule has 200 valence electrons. The van der Waals surface area contributed by atoms with Crippen molar-refractivity contribution in [1.29, 1.82) is 0 Å². The minimum Gasteiger partial charge on any atom is -0.494 e. The van der Waals surface area contributed by atoms with Crippen LogP contribution in [0.25, 0.3) is 5.65 Å². The van der Waals surface area contributed by atoms with Gasteiger partial charge in [-0.05, 0) is 56.4 Å². The monoisotopic (exact) mass is 521 g/mol. The number of anilines is 1. The highest BCUT2D eigenvalue weighted by molar-refractivity contribution is 6.21. The zero-order valence-corrected chi connectivity index (χ0v) is 21.6. The Bertz CT molecular complexity index is 1440. The first-order valence-corrected chi connectivity index (χ1v) is 12.1. The quantitative estimate of drug-likeness (QED) is 0.105. The van der Waals surface area contributed by atoms with E-state index in [2.05, 4.69) is 32.7 Å². The molecule has 0 saturated heterocycles. The Balaban J connectivity index is 1.50. The summed E-state index contributed by atoms with van der Waals surface area (Å²) in [6.07, 6.45) is 7.61. The third kappa shape index (κ3) is 5.75. The third-order valence-electron chi connectivity index (χ3n) is 6.33. The van der Waals surface area contributed by atoms with Crippen molar-refractivity contribution in [3.63, 3.8) is 0 Å². The number of hydrazine groups is 1. The Labute approximate surface area is 219 Å². The fraction of sp³-hybridized carbons (Fsp3) is 0.308. The van der Waals surface area contributed by atoms with Crippen LogP contribution >= 0.6 is 0 Å². The number of aliphatic imine (C=N–C) groups is 1. The second-order valence-electron chi connectivity index (χ2n) is 9.13. The number of hydrogen-bond donors (Lipinski definition) is 4. The number of benzene rings is 1. The number of hydrogen-bond acceptors (Lipinski definition) is 8. The van der Waals surface area contributed by atoms with Crippen LogP contribution in [-0.4, -0.2) is 34.5 Å². The molecule has 2 aromatic heterocycles. The molecule has 0 aliphatic heterocycles. The molecule has 1 amide bonds. The number of nitrogens with one attached hydrogen (secondary N) is 1. The first kappa shape index (κ1) is 26.6. The summed E-state index contributed by atoms with van der Waals surface area (Å²) in [7, 11) is 1.34. The predicted octanol–water partition coefficient (Wildman–Crippen LogP) is 2.45. The molecule has 11 nitrogen and oxygen atoms in total. The summed E-state index contributed by atoms with van der Waals surface area (Å²) in [5.41, 5.74) is 10.2. The maximum Gasteiger partial charge on any atom is 0.255 e. The molecule has 0 radical (unpaired) electrons. The van der Waals surface area contributed by atoms with Gasteiger partial charge < -0.3 is 26.0 Å². The molecule has 12 heteroatoms. The smallest absolute Gasteiger partial charge is 0.255 e. The van der Waals surface area contributed by atoms with Crippen molar-refractivity contribution < 1.29 is 13.9 Å². The van der Waals surface area contributed by atoms with Gasteiger partial charge in [-0.2, -0.15) is 5.10 Å². The molecule has 1 aliphatic carbocycles. The molecule has 0 spiro atoms. The number of rotatable bonds is 10. The number of allylic oxidation sites excluding steroid dienone is 1. The number of halogens is 1. The lowest BCUT2D eigenvalue weighted by Crippen LogP contribution is -2.33. The number of amides is 1. The third-order valence-corrected chi connectivity index (χ3v) is 6.33. The van der Waals surface area contributed by atoms with Crippen LogP contribution in [0.1, 0.15) is 49.4 Å². The summed E-state index contributed by atoms with van der Waals surface area (Å²) < 4.78 is 22.1. The number of imidazole rings is 1. The minimum atomic E-state index is -0.678. The molecule has 1 saturated carbocycles. The van der Waals surface area contributed by atoms with Crippen LogP contribution in [0, 0.1) is 5.82 Å². The minimum absolute atomic E-state index is 0.00342. The summed E-state index contributed by atoms with van der Waals surface area (Å²) >= 11 is 0. The Hall–Kier alpha value is -4.45. The van der Waals surface area contributed by atoms with Crippen molar-refractivity contribution in [1.82, 2.24) is 14.7 Å². The molecule has 0 atom stereocenters. The normalized spacial score (nSPS) is 14.6. The van der Waals surface area contributed by atoms with Crippen LogP contribution in [0.5, 0.6) is 5.75 Å². The number of pyridine rings is 1. The van der Waals surface area contributed by atoms with Crippen LogP contribution < -0.4 is 32.5 Å². The maximum atomic E-state index is 15.1. The van der Waals surface area contributed by atoms with Gasteiger partial charge in [0.15, 0.2) is 11.6 Å². The van der Waals surface area contributed by atoms with Crippen molar-refractivity contribution in [3.05, 3.63) is 70.6 Å². The molecule has 7 N–H and O–H groups in total. The Morgan fingerprint density at radius 3 is 2.71 bits per heavy atom. The molecule has 1 fully saturated rings. The molecular weight excluding hydrogens is 489 g/mol. The fourth-order valence-electron chi connectivity index (χ4n) is 4.25. The summed E-state index contributed by atoms with van der Waals surface area (Å²) in [5, 5.41) is 7.11. The van der Waals surface area contributed by atoms with E-state index in [9.17, 15) is 4.79 Å². The molecule has 0 unspecified atom stereocenters. The zero-order chi connectivity index (χ0) is 27.4. The van der Waals surface area contributed by atoms with Gasteiger partial charge in [0.2, 0.25) is 0 Å². The molecule has 1 aliphatic rings. The Morgan fingerprint density at radius 2 is 2.05 bits per heavy atom. The van der Waals surface area contributed by atoms with Crippen molar-refractivity contribution in [2.24, 2.45) is 27.5 Å². The van der Waals surface area contributed by atoms with Gasteiger partial charge in [-0.15, -0.1) is 0 Å². The Morgan fingerprint density at radius 1 is 1.29 bits per heavy atom. The van der Waals surface area contributed by atoms with E-state index in [1.54, 1.807) is 13.8 Å². The van der Waals surface area contributed by atoms with Gasteiger partial charge in [-0.3, -0.25) is 14.8 Å². The first-order valence-electron chi connectivity index (χ1n) is 12.1. The van der Waals surface area contributed by atoms with E-state index in [0.29, 0.717) is 11.6 Å². The summed E-state index contributed by atoms with van der Waals surface area (Å²) in [6, 6.07) is 7.07. The second kappa shape index (κ2) is 11.3. The Kier molecular flexibility index (Phi) is 7.91. The van der Waals surface area contributed by atoms with Crippen molar-refractivity contribution in [2.45, 2.75) is 45.7 Å². The van der Waals surface area contributed by atoms with E-state index in [1.807, 2.05) is 16.7 Å². The van der Waals surface area contributed by atoms with Gasteiger partial charge >= 0.3 is 0 Å². The fourth-order valence-corrected chi connectivity index (χ4v) is 4.25. The van der Waals surface area contributed by atoms with E-state index in [0.717, 1.165) is 22.7 Å². The number of ether oxygens (including phenoxy) is 1. The average molecular weight is 522 g/mol. The molecule has 4 rings (SSSR count). The highest BCUT2D eigenvalue weighted by Gasteiger charge is 2.24. The number of hydrazone groups is 1. The summed E-state index contributed by atoms with van der Waals surface area (Å²) in [4.78, 5) is 22.3. The van der Waals surface area contributed by atoms with E-state index >= 15 is 4.39 Å². The van der Waals surface area contributed by atoms with E-state index in [1.165, 1.54) is 37.6 Å². The van der Waals surface area contributed by atoms with Crippen molar-refractivity contribution >= 4 is 29.3 Å². The summed E-state index contributed by atoms with van der Waals surface area (Å²) in [5.74, 6) is 10.5. The molecule has 1 aromatic carbocycles. The molecule has 2 heterocycles. The summed E-state index contributed by atoms with van der Waals surface area (Å²) in [6.45, 7) is 3.37. The lowest BCUT2D eigenvalue weighted by atomic mass is 10.1. The predicted molar refractivity (Wildman–Crippen MR) is 145 cm³/mol. The standard InChI is InChI=1S/C26H32FN9O2/c1-15(28)24(16(2)31-10-19-13-35-12-18(17-4-5-17)6-9-23(35)34-19)26(37)32-11-20-21(36(30)14-33-29)7-8-22(38-3)25(20)27/h6-9,12-14,17H,4-5,10-11,28-30H2,1-3H3,(H,32,37)/b24-15+,31-16?,33-14-. The molecule has 3 aromatic rings. The van der Waals surface area contributed by atoms with Crippen LogP contribution in [0.4, 0.5) is 10.1 Å². The van der Waals surface area contributed by atoms with Gasteiger partial charge in [-0.25, -0.2) is 15.2 Å². The van der Waals surface area contributed by atoms with E-state index in [-0.39, 0.29) is 41.4 Å². The van der Waals surface area contributed by atoms with Crippen LogP contribution in [0.2, 0.25) is 0 Å². The highest BCUT2D eigenvalue weighted by atomic mass is 19.1. The highest BCUT2D eigenvalue weighted by Crippen LogP contribution is 2.39. The van der Waals surface area contributed by atoms with Gasteiger partial charge in [0.25, 0.3) is 5.91 Å². The maximum absolute atomic E-state index is 15.1. The number of methoxy groups -OCH3 is 1. The van der Waals surface area contributed by atoms with Gasteiger partial charge in [0, 0.05) is 35.9 Å². The number of carbonyl (C=O) groups is 1. The number of aromatic nitrogens is 2. The molecule has 38 heavy (non-hydrogen) atoms. The molecular formula is C26H32FN9O2. The SMILES string of the molecule is COc1ccc(N(N)/C=N\N)c(CNC(=O)/C(C(C)=NCc2cn3cc(C4CC4)ccc3n2)=C(\C)N)c1F. The topological polar surface area (TPSA) is 162 Å².